The van der Waals surface area contributed by atoms with Crippen molar-refractivity contribution in [1.82, 2.24) is 15.3 Å². The highest BCUT2D eigenvalue weighted by molar-refractivity contribution is 6.14. The molecule has 1 aliphatic carbocycles. The SMILES string of the molecule is O=C(NCC1=CCC1)c1nccnc1NC(=O)c1cccc2ccccc12. The van der Waals surface area contributed by atoms with Crippen molar-refractivity contribution in [3.05, 3.63) is 77.8 Å². The molecule has 1 aliphatic rings. The molecule has 0 bridgehead atoms. The quantitative estimate of drug-likeness (QED) is 0.685. The van der Waals surface area contributed by atoms with E-state index >= 15 is 0 Å². The second-order valence-corrected chi connectivity index (χ2v) is 6.32. The van der Waals surface area contributed by atoms with E-state index in [1.165, 1.54) is 18.0 Å². The first-order valence-corrected chi connectivity index (χ1v) is 8.78. The number of carbonyl (C=O) groups excluding carboxylic acids is 2. The van der Waals surface area contributed by atoms with Crippen LogP contribution in [0.3, 0.4) is 0 Å². The summed E-state index contributed by atoms with van der Waals surface area (Å²) in [7, 11) is 0. The largest absolute Gasteiger partial charge is 0.347 e. The van der Waals surface area contributed by atoms with E-state index in [4.69, 9.17) is 0 Å². The lowest BCUT2D eigenvalue weighted by Crippen LogP contribution is -2.29. The zero-order valence-corrected chi connectivity index (χ0v) is 14.6. The van der Waals surface area contributed by atoms with Gasteiger partial charge in [-0.05, 0) is 29.7 Å². The Morgan fingerprint density at radius 3 is 2.56 bits per heavy atom. The molecule has 0 aliphatic heterocycles. The Morgan fingerprint density at radius 2 is 1.74 bits per heavy atom. The number of amides is 2. The summed E-state index contributed by atoms with van der Waals surface area (Å²) < 4.78 is 0. The highest BCUT2D eigenvalue weighted by atomic mass is 16.2. The van der Waals surface area contributed by atoms with Crippen molar-refractivity contribution in [3.8, 4) is 0 Å². The van der Waals surface area contributed by atoms with Crippen LogP contribution in [-0.4, -0.2) is 28.3 Å². The van der Waals surface area contributed by atoms with Gasteiger partial charge in [-0.3, -0.25) is 9.59 Å². The van der Waals surface area contributed by atoms with E-state index < -0.39 is 0 Å². The first kappa shape index (κ1) is 16.9. The van der Waals surface area contributed by atoms with Gasteiger partial charge in [0.2, 0.25) is 0 Å². The van der Waals surface area contributed by atoms with Crippen LogP contribution in [0.5, 0.6) is 0 Å². The molecular weight excluding hydrogens is 340 g/mol. The fourth-order valence-electron chi connectivity index (χ4n) is 2.98. The third kappa shape index (κ3) is 3.55. The third-order valence-electron chi connectivity index (χ3n) is 4.55. The summed E-state index contributed by atoms with van der Waals surface area (Å²) >= 11 is 0. The monoisotopic (exact) mass is 358 g/mol. The number of benzene rings is 2. The molecule has 27 heavy (non-hydrogen) atoms. The average molecular weight is 358 g/mol. The molecule has 6 heteroatoms. The molecule has 0 radical (unpaired) electrons. The average Bonchev–Trinajstić information content (AvgIpc) is 2.66. The van der Waals surface area contributed by atoms with Gasteiger partial charge in [0.15, 0.2) is 11.5 Å². The van der Waals surface area contributed by atoms with Gasteiger partial charge in [0.25, 0.3) is 11.8 Å². The lowest BCUT2D eigenvalue weighted by Gasteiger charge is -2.15. The maximum atomic E-state index is 12.8. The molecule has 0 atom stereocenters. The molecule has 134 valence electrons. The zero-order chi connectivity index (χ0) is 18.6. The third-order valence-corrected chi connectivity index (χ3v) is 4.55. The number of fused-ring (bicyclic) bond motifs is 1. The predicted molar refractivity (Wildman–Crippen MR) is 104 cm³/mol. The molecule has 2 N–H and O–H groups in total. The molecule has 4 rings (SSSR count). The van der Waals surface area contributed by atoms with Crippen molar-refractivity contribution < 1.29 is 9.59 Å². The molecule has 2 amide bonds. The van der Waals surface area contributed by atoms with Gasteiger partial charge in [0, 0.05) is 24.5 Å². The van der Waals surface area contributed by atoms with Gasteiger partial charge in [0.1, 0.15) is 0 Å². The molecular formula is C21H18N4O2. The molecule has 1 aromatic heterocycles. The number of rotatable bonds is 5. The fraction of sp³-hybridized carbons (Fsp3) is 0.143. The number of hydrogen-bond acceptors (Lipinski definition) is 4. The minimum atomic E-state index is -0.357. The Balaban J connectivity index is 1.57. The first-order chi connectivity index (χ1) is 13.2. The topological polar surface area (TPSA) is 84.0 Å². The summed E-state index contributed by atoms with van der Waals surface area (Å²) in [6.45, 7) is 0.492. The molecule has 3 aromatic rings. The van der Waals surface area contributed by atoms with Gasteiger partial charge < -0.3 is 10.6 Å². The molecule has 0 unspecified atom stereocenters. The normalized spacial score (nSPS) is 12.8. The van der Waals surface area contributed by atoms with Crippen molar-refractivity contribution in [2.24, 2.45) is 0 Å². The predicted octanol–water partition coefficient (Wildman–Crippen LogP) is 3.33. The molecule has 0 saturated heterocycles. The van der Waals surface area contributed by atoms with Crippen molar-refractivity contribution in [1.29, 1.82) is 0 Å². The molecule has 1 heterocycles. The number of anilines is 1. The van der Waals surface area contributed by atoms with Crippen molar-refractivity contribution in [2.75, 3.05) is 11.9 Å². The first-order valence-electron chi connectivity index (χ1n) is 8.78. The summed E-state index contributed by atoms with van der Waals surface area (Å²) in [5.41, 5.74) is 1.82. The molecule has 6 nitrogen and oxygen atoms in total. The van der Waals surface area contributed by atoms with Gasteiger partial charge in [-0.15, -0.1) is 0 Å². The summed E-state index contributed by atoms with van der Waals surface area (Å²) in [6, 6.07) is 13.2. The van der Waals surface area contributed by atoms with Crippen LogP contribution in [0.25, 0.3) is 10.8 Å². The van der Waals surface area contributed by atoms with Crippen LogP contribution < -0.4 is 10.6 Å². The minimum absolute atomic E-state index is 0.103. The lowest BCUT2D eigenvalue weighted by molar-refractivity contribution is 0.0952. The highest BCUT2D eigenvalue weighted by Crippen LogP contribution is 2.20. The number of nitrogens with zero attached hydrogens (tertiary/aromatic N) is 2. The molecule has 2 aromatic carbocycles. The summed E-state index contributed by atoms with van der Waals surface area (Å²) in [5, 5.41) is 7.36. The van der Waals surface area contributed by atoms with Crippen molar-refractivity contribution >= 4 is 28.4 Å². The standard InChI is InChI=1S/C21H18N4O2/c26-20(17-10-4-8-15-7-1-2-9-16(15)17)25-19-18(22-11-12-23-19)21(27)24-13-14-5-3-6-14/h1-2,4-5,7-12H,3,6,13H2,(H,24,27)(H,23,25,26). The maximum Gasteiger partial charge on any atom is 0.273 e. The minimum Gasteiger partial charge on any atom is -0.347 e. The van der Waals surface area contributed by atoms with E-state index in [0.29, 0.717) is 12.1 Å². The number of hydrogen-bond donors (Lipinski definition) is 2. The second-order valence-electron chi connectivity index (χ2n) is 6.32. The fourth-order valence-corrected chi connectivity index (χ4v) is 2.98. The highest BCUT2D eigenvalue weighted by Gasteiger charge is 2.18. The van der Waals surface area contributed by atoms with Gasteiger partial charge in [0.05, 0.1) is 0 Å². The van der Waals surface area contributed by atoms with Crippen LogP contribution in [0.2, 0.25) is 0 Å². The molecule has 0 spiro atoms. The Labute approximate surface area is 156 Å². The van der Waals surface area contributed by atoms with Crippen LogP contribution in [0.4, 0.5) is 5.82 Å². The molecule has 0 fully saturated rings. The van der Waals surface area contributed by atoms with E-state index in [0.717, 1.165) is 23.6 Å². The molecule has 0 saturated carbocycles. The van der Waals surface area contributed by atoms with Gasteiger partial charge in [-0.1, -0.05) is 48.0 Å². The van der Waals surface area contributed by atoms with E-state index in [9.17, 15) is 9.59 Å². The number of carbonyl (C=O) groups is 2. The van der Waals surface area contributed by atoms with Crippen LogP contribution in [0, 0.1) is 0 Å². The van der Waals surface area contributed by atoms with Gasteiger partial charge >= 0.3 is 0 Å². The van der Waals surface area contributed by atoms with Crippen LogP contribution in [-0.2, 0) is 0 Å². The smallest absolute Gasteiger partial charge is 0.273 e. The summed E-state index contributed by atoms with van der Waals surface area (Å²) in [6.07, 6.45) is 7.04. The Hall–Kier alpha value is -3.54. The summed E-state index contributed by atoms with van der Waals surface area (Å²) in [4.78, 5) is 33.5. The van der Waals surface area contributed by atoms with E-state index in [1.807, 2.05) is 36.4 Å². The number of aromatic nitrogens is 2. The van der Waals surface area contributed by atoms with Crippen LogP contribution in [0.1, 0.15) is 33.7 Å². The van der Waals surface area contributed by atoms with Crippen molar-refractivity contribution in [3.63, 3.8) is 0 Å². The number of allylic oxidation sites excluding steroid dienone is 1. The number of nitrogens with one attached hydrogen (secondary N) is 2. The van der Waals surface area contributed by atoms with Crippen molar-refractivity contribution in [2.45, 2.75) is 12.8 Å². The lowest BCUT2D eigenvalue weighted by atomic mass is 9.99. The maximum absolute atomic E-state index is 12.8. The second kappa shape index (κ2) is 7.37. The van der Waals surface area contributed by atoms with E-state index in [-0.39, 0.29) is 23.3 Å². The van der Waals surface area contributed by atoms with E-state index in [1.54, 1.807) is 6.07 Å². The summed E-state index contributed by atoms with van der Waals surface area (Å²) in [5.74, 6) is -0.539. The van der Waals surface area contributed by atoms with Crippen LogP contribution in [0.15, 0.2) is 66.5 Å². The van der Waals surface area contributed by atoms with Gasteiger partial charge in [-0.25, -0.2) is 9.97 Å². The Morgan fingerprint density at radius 1 is 0.963 bits per heavy atom. The van der Waals surface area contributed by atoms with Gasteiger partial charge in [-0.2, -0.15) is 0 Å². The zero-order valence-electron chi connectivity index (χ0n) is 14.6. The Bertz CT molecular complexity index is 1050. The van der Waals surface area contributed by atoms with Crippen LogP contribution >= 0.6 is 0 Å². The van der Waals surface area contributed by atoms with E-state index in [2.05, 4.69) is 26.7 Å². The Kier molecular flexibility index (Phi) is 4.61.